The van der Waals surface area contributed by atoms with Crippen molar-refractivity contribution in [2.24, 2.45) is 0 Å². The standard InChI is InChI=1S/C18H15FO3/c1-20-14-7-3-12(4-8-14)16-11-22-18(17(16)19)13-5-9-15(21-2)10-6-13/h3-11H,1-2H3. The van der Waals surface area contributed by atoms with Crippen LogP contribution >= 0.6 is 0 Å². The third-order valence-electron chi connectivity index (χ3n) is 3.48. The summed E-state index contributed by atoms with van der Waals surface area (Å²) in [5.41, 5.74) is 1.83. The molecule has 0 bridgehead atoms. The molecular formula is C18H15FO3. The number of furan rings is 1. The Kier molecular flexibility index (Phi) is 3.83. The molecule has 0 aliphatic carbocycles. The predicted octanol–water partition coefficient (Wildman–Crippen LogP) is 4.77. The zero-order chi connectivity index (χ0) is 15.5. The second-order valence-electron chi connectivity index (χ2n) is 4.75. The highest BCUT2D eigenvalue weighted by molar-refractivity contribution is 5.71. The van der Waals surface area contributed by atoms with Gasteiger partial charge in [-0.15, -0.1) is 0 Å². The van der Waals surface area contributed by atoms with Crippen molar-refractivity contribution in [1.82, 2.24) is 0 Å². The molecular weight excluding hydrogens is 283 g/mol. The summed E-state index contributed by atoms with van der Waals surface area (Å²) in [6.07, 6.45) is 1.43. The molecule has 0 saturated carbocycles. The van der Waals surface area contributed by atoms with Crippen LogP contribution in [0.5, 0.6) is 11.5 Å². The number of benzene rings is 2. The van der Waals surface area contributed by atoms with E-state index in [0.29, 0.717) is 16.9 Å². The van der Waals surface area contributed by atoms with Gasteiger partial charge >= 0.3 is 0 Å². The number of methoxy groups -OCH3 is 2. The molecule has 3 aromatic rings. The maximum atomic E-state index is 14.6. The van der Waals surface area contributed by atoms with Gasteiger partial charge in [0.1, 0.15) is 17.8 Å². The summed E-state index contributed by atoms with van der Waals surface area (Å²) in [7, 11) is 3.18. The number of hydrogen-bond donors (Lipinski definition) is 0. The summed E-state index contributed by atoms with van der Waals surface area (Å²) in [4.78, 5) is 0. The largest absolute Gasteiger partial charge is 0.497 e. The summed E-state index contributed by atoms with van der Waals surface area (Å²) in [5.74, 6) is 1.28. The third-order valence-corrected chi connectivity index (χ3v) is 3.48. The van der Waals surface area contributed by atoms with Gasteiger partial charge in [-0.2, -0.15) is 0 Å². The van der Waals surface area contributed by atoms with Crippen LogP contribution in [0, 0.1) is 5.82 Å². The van der Waals surface area contributed by atoms with Crippen molar-refractivity contribution in [3.63, 3.8) is 0 Å². The van der Waals surface area contributed by atoms with Crippen LogP contribution < -0.4 is 9.47 Å². The minimum atomic E-state index is -0.379. The molecule has 112 valence electrons. The van der Waals surface area contributed by atoms with Gasteiger partial charge in [0.2, 0.25) is 0 Å². The Labute approximate surface area is 127 Å². The second-order valence-corrected chi connectivity index (χ2v) is 4.75. The molecule has 3 rings (SSSR count). The van der Waals surface area contributed by atoms with Crippen molar-refractivity contribution < 1.29 is 18.3 Å². The summed E-state index contributed by atoms with van der Waals surface area (Å²) < 4.78 is 30.2. The minimum absolute atomic E-state index is 0.216. The van der Waals surface area contributed by atoms with Crippen molar-refractivity contribution in [1.29, 1.82) is 0 Å². The molecule has 2 aromatic carbocycles. The Morgan fingerprint density at radius 3 is 1.77 bits per heavy atom. The Bertz CT molecular complexity index is 693. The van der Waals surface area contributed by atoms with Crippen LogP contribution in [0.2, 0.25) is 0 Å². The van der Waals surface area contributed by atoms with E-state index in [2.05, 4.69) is 0 Å². The first-order valence-electron chi connectivity index (χ1n) is 6.78. The highest BCUT2D eigenvalue weighted by atomic mass is 19.1. The summed E-state index contributed by atoms with van der Waals surface area (Å²) in [6.45, 7) is 0. The van der Waals surface area contributed by atoms with E-state index in [-0.39, 0.29) is 11.6 Å². The van der Waals surface area contributed by atoms with E-state index >= 15 is 0 Å². The molecule has 1 aromatic heterocycles. The van der Waals surface area contributed by atoms with Gasteiger partial charge in [-0.25, -0.2) is 4.39 Å². The van der Waals surface area contributed by atoms with Crippen LogP contribution in [0.25, 0.3) is 22.5 Å². The lowest BCUT2D eigenvalue weighted by Crippen LogP contribution is -1.85. The quantitative estimate of drug-likeness (QED) is 0.695. The van der Waals surface area contributed by atoms with Gasteiger partial charge in [-0.1, -0.05) is 12.1 Å². The molecule has 0 radical (unpaired) electrons. The summed E-state index contributed by atoms with van der Waals surface area (Å²) in [5, 5.41) is 0. The topological polar surface area (TPSA) is 31.6 Å². The van der Waals surface area contributed by atoms with E-state index in [1.165, 1.54) is 6.26 Å². The van der Waals surface area contributed by atoms with Crippen LogP contribution in [0.4, 0.5) is 4.39 Å². The van der Waals surface area contributed by atoms with Crippen LogP contribution in [-0.4, -0.2) is 14.2 Å². The lowest BCUT2D eigenvalue weighted by atomic mass is 10.1. The van der Waals surface area contributed by atoms with Gasteiger partial charge in [-0.3, -0.25) is 0 Å². The molecule has 22 heavy (non-hydrogen) atoms. The molecule has 0 fully saturated rings. The highest BCUT2D eigenvalue weighted by Gasteiger charge is 2.16. The molecule has 0 atom stereocenters. The molecule has 0 aliphatic heterocycles. The molecule has 1 heterocycles. The smallest absolute Gasteiger partial charge is 0.177 e. The van der Waals surface area contributed by atoms with E-state index in [1.807, 2.05) is 0 Å². The molecule has 0 spiro atoms. The fourth-order valence-corrected chi connectivity index (χ4v) is 2.25. The number of ether oxygens (including phenoxy) is 2. The number of hydrogen-bond acceptors (Lipinski definition) is 3. The fraction of sp³-hybridized carbons (Fsp3) is 0.111. The van der Waals surface area contributed by atoms with Gasteiger partial charge in [0, 0.05) is 5.56 Å². The Morgan fingerprint density at radius 1 is 0.773 bits per heavy atom. The van der Waals surface area contributed by atoms with Crippen molar-refractivity contribution in [3.8, 4) is 33.9 Å². The molecule has 4 heteroatoms. The maximum absolute atomic E-state index is 14.6. The van der Waals surface area contributed by atoms with Crippen LogP contribution in [-0.2, 0) is 0 Å². The molecule has 0 amide bonds. The first-order chi connectivity index (χ1) is 10.7. The van der Waals surface area contributed by atoms with Gasteiger partial charge in [0.25, 0.3) is 0 Å². The monoisotopic (exact) mass is 298 g/mol. The summed E-state index contributed by atoms with van der Waals surface area (Å²) in [6, 6.07) is 14.2. The van der Waals surface area contributed by atoms with Gasteiger partial charge in [0.15, 0.2) is 11.6 Å². The van der Waals surface area contributed by atoms with Crippen molar-refractivity contribution in [3.05, 3.63) is 60.6 Å². The normalized spacial score (nSPS) is 10.5. The lowest BCUT2D eigenvalue weighted by Gasteiger charge is -2.02. The van der Waals surface area contributed by atoms with E-state index in [0.717, 1.165) is 11.3 Å². The molecule has 0 N–H and O–H groups in total. The van der Waals surface area contributed by atoms with Crippen molar-refractivity contribution in [2.45, 2.75) is 0 Å². The molecule has 0 unspecified atom stereocenters. The molecule has 3 nitrogen and oxygen atoms in total. The van der Waals surface area contributed by atoms with Crippen molar-refractivity contribution in [2.75, 3.05) is 14.2 Å². The summed E-state index contributed by atoms with van der Waals surface area (Å²) >= 11 is 0. The van der Waals surface area contributed by atoms with Gasteiger partial charge in [-0.05, 0) is 42.0 Å². The van der Waals surface area contributed by atoms with E-state index in [1.54, 1.807) is 62.8 Å². The van der Waals surface area contributed by atoms with Gasteiger partial charge < -0.3 is 13.9 Å². The maximum Gasteiger partial charge on any atom is 0.177 e. The average molecular weight is 298 g/mol. The number of rotatable bonds is 4. The molecule has 0 saturated heterocycles. The second kappa shape index (κ2) is 5.93. The zero-order valence-electron chi connectivity index (χ0n) is 12.3. The van der Waals surface area contributed by atoms with Crippen LogP contribution in [0.1, 0.15) is 0 Å². The molecule has 0 aliphatic rings. The zero-order valence-corrected chi connectivity index (χ0v) is 12.3. The van der Waals surface area contributed by atoms with Crippen molar-refractivity contribution >= 4 is 0 Å². The Balaban J connectivity index is 1.96. The minimum Gasteiger partial charge on any atom is -0.497 e. The van der Waals surface area contributed by atoms with Crippen LogP contribution in [0.3, 0.4) is 0 Å². The Hall–Kier alpha value is -2.75. The first kappa shape index (κ1) is 14.2. The van der Waals surface area contributed by atoms with E-state index in [4.69, 9.17) is 13.9 Å². The third kappa shape index (κ3) is 2.55. The predicted molar refractivity (Wildman–Crippen MR) is 82.6 cm³/mol. The van der Waals surface area contributed by atoms with Gasteiger partial charge in [0.05, 0.1) is 19.8 Å². The fourth-order valence-electron chi connectivity index (χ4n) is 2.25. The SMILES string of the molecule is COc1ccc(-c2coc(-c3ccc(OC)cc3)c2F)cc1. The van der Waals surface area contributed by atoms with Crippen LogP contribution in [0.15, 0.2) is 59.2 Å². The lowest BCUT2D eigenvalue weighted by molar-refractivity contribution is 0.414. The number of halogens is 1. The average Bonchev–Trinajstić information content (AvgIpc) is 2.96. The Morgan fingerprint density at radius 2 is 1.27 bits per heavy atom. The first-order valence-corrected chi connectivity index (χ1v) is 6.78. The highest BCUT2D eigenvalue weighted by Crippen LogP contribution is 2.34. The van der Waals surface area contributed by atoms with E-state index < -0.39 is 0 Å². The van der Waals surface area contributed by atoms with E-state index in [9.17, 15) is 4.39 Å².